The van der Waals surface area contributed by atoms with E-state index in [0.29, 0.717) is 29.9 Å². The highest BCUT2D eigenvalue weighted by Gasteiger charge is 2.26. The zero-order valence-corrected chi connectivity index (χ0v) is 13.3. The van der Waals surface area contributed by atoms with Crippen LogP contribution in [-0.2, 0) is 13.5 Å². The Morgan fingerprint density at radius 2 is 2.00 bits per heavy atom. The Morgan fingerprint density at radius 3 is 2.70 bits per heavy atom. The van der Waals surface area contributed by atoms with Gasteiger partial charge in [0, 0.05) is 19.2 Å². The van der Waals surface area contributed by atoms with E-state index in [1.54, 1.807) is 33.0 Å². The molecule has 2 heterocycles. The summed E-state index contributed by atoms with van der Waals surface area (Å²) >= 11 is 0. The highest BCUT2D eigenvalue weighted by Crippen LogP contribution is 2.27. The number of rotatable bonds is 2. The number of nitrogens with one attached hydrogen (secondary N) is 2. The normalized spacial score (nSPS) is 13.5. The highest BCUT2D eigenvalue weighted by molar-refractivity contribution is 6.02. The number of aromatic nitrogens is 1. The number of hydrogen-bond acceptors (Lipinski definition) is 3. The molecule has 0 aliphatic carbocycles. The summed E-state index contributed by atoms with van der Waals surface area (Å²) in [4.78, 5) is 24.7. The van der Waals surface area contributed by atoms with E-state index in [4.69, 9.17) is 0 Å². The molecule has 0 bridgehead atoms. The number of aryl methyl sites for hydroxylation is 1. The van der Waals surface area contributed by atoms with E-state index in [2.05, 4.69) is 10.6 Å². The molecular weight excluding hydrogens is 297 g/mol. The van der Waals surface area contributed by atoms with Gasteiger partial charge < -0.3 is 10.6 Å². The molecule has 6 heteroatoms. The van der Waals surface area contributed by atoms with Crippen LogP contribution in [0, 0.1) is 19.7 Å². The average Bonchev–Trinajstić information content (AvgIpc) is 2.51. The van der Waals surface area contributed by atoms with E-state index in [9.17, 15) is 14.0 Å². The number of fused-ring (bicyclic) bond motifs is 1. The highest BCUT2D eigenvalue weighted by atomic mass is 19.1. The van der Waals surface area contributed by atoms with Crippen LogP contribution >= 0.6 is 0 Å². The molecule has 0 saturated heterocycles. The van der Waals surface area contributed by atoms with Crippen LogP contribution in [0.2, 0.25) is 0 Å². The van der Waals surface area contributed by atoms with Crippen molar-refractivity contribution >= 4 is 17.4 Å². The van der Waals surface area contributed by atoms with E-state index in [-0.39, 0.29) is 17.2 Å². The van der Waals surface area contributed by atoms with Crippen molar-refractivity contribution in [1.29, 1.82) is 0 Å². The van der Waals surface area contributed by atoms with Crippen molar-refractivity contribution in [3.05, 3.63) is 56.6 Å². The molecule has 1 aliphatic rings. The van der Waals surface area contributed by atoms with Gasteiger partial charge in [-0.1, -0.05) is 6.07 Å². The fraction of sp³-hybridized carbons (Fsp3) is 0.294. The van der Waals surface area contributed by atoms with Gasteiger partial charge in [-0.25, -0.2) is 4.39 Å². The first-order chi connectivity index (χ1) is 10.9. The van der Waals surface area contributed by atoms with Gasteiger partial charge in [0.25, 0.3) is 11.5 Å². The summed E-state index contributed by atoms with van der Waals surface area (Å²) in [7, 11) is 1.58. The standard InChI is InChI=1S/C17H18FN3O2/c1-9-4-5-13(12(18)8-9)20-15-14-11(6-7-19-16(14)22)10(2)17(23)21(15)3/h4-5,8,20H,6-7H2,1-3H3,(H,19,22). The van der Waals surface area contributed by atoms with Crippen molar-refractivity contribution in [2.75, 3.05) is 11.9 Å². The molecule has 23 heavy (non-hydrogen) atoms. The van der Waals surface area contributed by atoms with Crippen molar-refractivity contribution in [2.45, 2.75) is 20.3 Å². The van der Waals surface area contributed by atoms with E-state index >= 15 is 0 Å². The Hall–Kier alpha value is -2.63. The van der Waals surface area contributed by atoms with E-state index in [0.717, 1.165) is 11.1 Å². The second-order valence-electron chi connectivity index (χ2n) is 5.81. The molecule has 120 valence electrons. The number of anilines is 2. The van der Waals surface area contributed by atoms with Crippen molar-refractivity contribution < 1.29 is 9.18 Å². The summed E-state index contributed by atoms with van der Waals surface area (Å²) in [6, 6.07) is 4.77. The number of pyridine rings is 1. The van der Waals surface area contributed by atoms with Gasteiger partial charge >= 0.3 is 0 Å². The molecule has 0 spiro atoms. The predicted octanol–water partition coefficient (Wildman–Crippen LogP) is 2.17. The summed E-state index contributed by atoms with van der Waals surface area (Å²) in [5.74, 6) is -0.362. The quantitative estimate of drug-likeness (QED) is 0.893. The van der Waals surface area contributed by atoms with Crippen LogP contribution in [0.15, 0.2) is 23.0 Å². The van der Waals surface area contributed by atoms with Crippen LogP contribution in [0.5, 0.6) is 0 Å². The molecule has 0 radical (unpaired) electrons. The van der Waals surface area contributed by atoms with Crippen LogP contribution in [-0.4, -0.2) is 17.0 Å². The Balaban J connectivity index is 2.21. The molecule has 0 fully saturated rings. The lowest BCUT2D eigenvalue weighted by Gasteiger charge is -2.24. The van der Waals surface area contributed by atoms with Crippen LogP contribution in [0.4, 0.5) is 15.9 Å². The second kappa shape index (κ2) is 5.53. The van der Waals surface area contributed by atoms with Gasteiger partial charge in [-0.2, -0.15) is 0 Å². The minimum absolute atomic E-state index is 0.187. The van der Waals surface area contributed by atoms with Crippen molar-refractivity contribution in [3.63, 3.8) is 0 Å². The first kappa shape index (κ1) is 15.3. The van der Waals surface area contributed by atoms with Crippen molar-refractivity contribution in [2.24, 2.45) is 7.05 Å². The molecule has 1 amide bonds. The number of amides is 1. The SMILES string of the molecule is Cc1ccc(Nc2c3c(c(C)c(=O)n2C)CCNC3=O)c(F)c1. The van der Waals surface area contributed by atoms with Gasteiger partial charge in [0.1, 0.15) is 11.6 Å². The lowest BCUT2D eigenvalue weighted by atomic mass is 9.96. The fourth-order valence-electron chi connectivity index (χ4n) is 2.92. The van der Waals surface area contributed by atoms with Crippen LogP contribution in [0.25, 0.3) is 0 Å². The zero-order valence-electron chi connectivity index (χ0n) is 13.3. The largest absolute Gasteiger partial charge is 0.352 e. The molecule has 2 N–H and O–H groups in total. The van der Waals surface area contributed by atoms with Crippen LogP contribution in [0.1, 0.15) is 27.0 Å². The van der Waals surface area contributed by atoms with Gasteiger partial charge in [-0.15, -0.1) is 0 Å². The average molecular weight is 315 g/mol. The maximum atomic E-state index is 14.1. The van der Waals surface area contributed by atoms with Gasteiger partial charge in [0.2, 0.25) is 0 Å². The second-order valence-corrected chi connectivity index (χ2v) is 5.81. The molecule has 1 aromatic carbocycles. The molecule has 3 rings (SSSR count). The first-order valence-electron chi connectivity index (χ1n) is 7.44. The minimum atomic E-state index is -0.428. The number of nitrogens with zero attached hydrogens (tertiary/aromatic N) is 1. The zero-order chi connectivity index (χ0) is 16.7. The van der Waals surface area contributed by atoms with E-state index in [1.807, 2.05) is 0 Å². The fourth-order valence-corrected chi connectivity index (χ4v) is 2.92. The predicted molar refractivity (Wildman–Crippen MR) is 86.9 cm³/mol. The summed E-state index contributed by atoms with van der Waals surface area (Å²) in [5, 5.41) is 5.70. The van der Waals surface area contributed by atoms with Gasteiger partial charge in [-0.3, -0.25) is 14.2 Å². The Bertz CT molecular complexity index is 871. The molecule has 1 aliphatic heterocycles. The van der Waals surface area contributed by atoms with Crippen molar-refractivity contribution in [3.8, 4) is 0 Å². The molecule has 0 atom stereocenters. The van der Waals surface area contributed by atoms with Gasteiger partial charge in [0.05, 0.1) is 11.3 Å². The molecule has 1 aromatic heterocycles. The summed E-state index contributed by atoms with van der Waals surface area (Å²) in [5.41, 5.74) is 2.55. The molecule has 5 nitrogen and oxygen atoms in total. The third-order valence-corrected chi connectivity index (χ3v) is 4.22. The Labute approximate surface area is 133 Å². The number of carbonyl (C=O) groups excluding carboxylic acids is 1. The minimum Gasteiger partial charge on any atom is -0.352 e. The first-order valence-corrected chi connectivity index (χ1v) is 7.44. The van der Waals surface area contributed by atoms with E-state index in [1.165, 1.54) is 10.6 Å². The molecule has 2 aromatic rings. The third-order valence-electron chi connectivity index (χ3n) is 4.22. The van der Waals surface area contributed by atoms with Gasteiger partial charge in [0.15, 0.2) is 0 Å². The Morgan fingerprint density at radius 1 is 1.26 bits per heavy atom. The lowest BCUT2D eigenvalue weighted by Crippen LogP contribution is -2.37. The van der Waals surface area contributed by atoms with Crippen LogP contribution in [0.3, 0.4) is 0 Å². The van der Waals surface area contributed by atoms with Gasteiger partial charge in [-0.05, 0) is 43.5 Å². The lowest BCUT2D eigenvalue weighted by molar-refractivity contribution is 0.0946. The maximum absolute atomic E-state index is 14.1. The topological polar surface area (TPSA) is 63.1 Å². The van der Waals surface area contributed by atoms with Crippen LogP contribution < -0.4 is 16.2 Å². The summed E-state index contributed by atoms with van der Waals surface area (Å²) in [6.07, 6.45) is 0.591. The number of carbonyl (C=O) groups is 1. The molecular formula is C17H18FN3O2. The number of halogens is 1. The Kier molecular flexibility index (Phi) is 3.67. The molecule has 0 unspecified atom stereocenters. The van der Waals surface area contributed by atoms with E-state index < -0.39 is 5.82 Å². The number of benzene rings is 1. The third kappa shape index (κ3) is 2.50. The maximum Gasteiger partial charge on any atom is 0.255 e. The smallest absolute Gasteiger partial charge is 0.255 e. The monoisotopic (exact) mass is 315 g/mol. The summed E-state index contributed by atoms with van der Waals surface area (Å²) in [6.45, 7) is 4.01. The molecule has 0 saturated carbocycles. The van der Waals surface area contributed by atoms with Crippen molar-refractivity contribution in [1.82, 2.24) is 9.88 Å². The number of hydrogen-bond donors (Lipinski definition) is 2. The summed E-state index contributed by atoms with van der Waals surface area (Å²) < 4.78 is 15.5.